The number of aliphatic carboxylic acids is 1. The fourth-order valence-electron chi connectivity index (χ4n) is 3.23. The quantitative estimate of drug-likeness (QED) is 0.924. The van der Waals surface area contributed by atoms with Gasteiger partial charge in [0.25, 0.3) is 0 Å². The van der Waals surface area contributed by atoms with E-state index in [-0.39, 0.29) is 18.4 Å². The second kappa shape index (κ2) is 6.65. The zero-order chi connectivity index (χ0) is 16.2. The van der Waals surface area contributed by atoms with Crippen molar-refractivity contribution in [2.45, 2.75) is 18.9 Å². The molecule has 2 aromatic carbocycles. The van der Waals surface area contributed by atoms with E-state index in [0.29, 0.717) is 6.54 Å². The van der Waals surface area contributed by atoms with Crippen LogP contribution in [0.5, 0.6) is 0 Å². The lowest BCUT2D eigenvalue weighted by Crippen LogP contribution is -2.32. The summed E-state index contributed by atoms with van der Waals surface area (Å²) in [5.41, 5.74) is 2.03. The van der Waals surface area contributed by atoms with Crippen LogP contribution in [0.15, 0.2) is 60.7 Å². The fraction of sp³-hybridized carbons (Fsp3) is 0.263. The van der Waals surface area contributed by atoms with E-state index in [2.05, 4.69) is 0 Å². The minimum absolute atomic E-state index is 0.0731. The zero-order valence-electron chi connectivity index (χ0n) is 12.8. The molecule has 4 nitrogen and oxygen atoms in total. The molecule has 0 aromatic heterocycles. The van der Waals surface area contributed by atoms with Gasteiger partial charge in [-0.3, -0.25) is 9.59 Å². The Balaban J connectivity index is 1.84. The van der Waals surface area contributed by atoms with E-state index in [1.807, 2.05) is 60.7 Å². The second-order valence-corrected chi connectivity index (χ2v) is 5.83. The van der Waals surface area contributed by atoms with Gasteiger partial charge >= 0.3 is 5.97 Å². The van der Waals surface area contributed by atoms with E-state index in [9.17, 15) is 14.7 Å². The van der Waals surface area contributed by atoms with E-state index in [1.54, 1.807) is 4.90 Å². The van der Waals surface area contributed by atoms with Crippen molar-refractivity contribution >= 4 is 11.9 Å². The summed E-state index contributed by atoms with van der Waals surface area (Å²) in [6.07, 6.45) is 0.798. The summed E-state index contributed by atoms with van der Waals surface area (Å²) < 4.78 is 0. The fourth-order valence-corrected chi connectivity index (χ4v) is 3.23. The number of nitrogens with zero attached hydrogens (tertiary/aromatic N) is 1. The van der Waals surface area contributed by atoms with Crippen molar-refractivity contribution in [2.24, 2.45) is 5.92 Å². The second-order valence-electron chi connectivity index (χ2n) is 5.83. The third kappa shape index (κ3) is 3.26. The van der Waals surface area contributed by atoms with Gasteiger partial charge in [-0.2, -0.15) is 0 Å². The van der Waals surface area contributed by atoms with Gasteiger partial charge in [0, 0.05) is 13.0 Å². The van der Waals surface area contributed by atoms with Gasteiger partial charge in [-0.15, -0.1) is 0 Å². The maximum Gasteiger partial charge on any atom is 0.309 e. The van der Waals surface area contributed by atoms with Crippen LogP contribution < -0.4 is 0 Å². The number of carboxylic acids is 1. The van der Waals surface area contributed by atoms with Crippen molar-refractivity contribution in [3.8, 4) is 0 Å². The molecule has 2 unspecified atom stereocenters. The molecule has 0 saturated carbocycles. The molecule has 0 bridgehead atoms. The first-order valence-electron chi connectivity index (χ1n) is 7.78. The molecule has 1 aliphatic rings. The first kappa shape index (κ1) is 15.3. The third-order valence-corrected chi connectivity index (χ3v) is 4.37. The van der Waals surface area contributed by atoms with Crippen LogP contribution in [0.3, 0.4) is 0 Å². The van der Waals surface area contributed by atoms with Crippen LogP contribution in [0.25, 0.3) is 0 Å². The van der Waals surface area contributed by atoms with Crippen LogP contribution in [-0.2, 0) is 16.0 Å². The van der Waals surface area contributed by atoms with Crippen LogP contribution in [0, 0.1) is 5.92 Å². The predicted molar refractivity (Wildman–Crippen MR) is 86.8 cm³/mol. The molecule has 4 heteroatoms. The summed E-state index contributed by atoms with van der Waals surface area (Å²) in [5, 5.41) is 9.49. The van der Waals surface area contributed by atoms with Gasteiger partial charge in [0.2, 0.25) is 5.91 Å². The average molecular weight is 309 g/mol. The molecule has 1 fully saturated rings. The number of benzene rings is 2. The van der Waals surface area contributed by atoms with Crippen molar-refractivity contribution in [1.82, 2.24) is 4.90 Å². The van der Waals surface area contributed by atoms with Crippen LogP contribution in [0.1, 0.15) is 23.6 Å². The maximum atomic E-state index is 12.4. The molecule has 1 N–H and O–H groups in total. The number of amides is 1. The van der Waals surface area contributed by atoms with Gasteiger partial charge in [0.1, 0.15) is 0 Å². The standard InChI is InChI=1S/C19H19NO3/c21-17-13-16(19(22)23)18(15-9-5-2-6-10-15)20(17)12-11-14-7-3-1-4-8-14/h1-10,16,18H,11-13H2,(H,22,23). The van der Waals surface area contributed by atoms with Crippen molar-refractivity contribution in [1.29, 1.82) is 0 Å². The number of hydrogen-bond acceptors (Lipinski definition) is 2. The molecule has 0 spiro atoms. The van der Waals surface area contributed by atoms with E-state index in [4.69, 9.17) is 0 Å². The minimum Gasteiger partial charge on any atom is -0.481 e. The third-order valence-electron chi connectivity index (χ3n) is 4.37. The molecule has 3 rings (SSSR count). The van der Waals surface area contributed by atoms with Crippen molar-refractivity contribution in [2.75, 3.05) is 6.54 Å². The number of hydrogen-bond donors (Lipinski definition) is 1. The Morgan fingerprint density at radius 3 is 2.26 bits per heavy atom. The number of likely N-dealkylation sites (tertiary alicyclic amines) is 1. The highest BCUT2D eigenvalue weighted by Gasteiger charge is 2.44. The minimum atomic E-state index is -0.908. The summed E-state index contributed by atoms with van der Waals surface area (Å²) in [6.45, 7) is 0.534. The van der Waals surface area contributed by atoms with E-state index < -0.39 is 11.9 Å². The molecule has 2 aromatic rings. The van der Waals surface area contributed by atoms with E-state index >= 15 is 0 Å². The topological polar surface area (TPSA) is 57.6 Å². The number of carbonyl (C=O) groups is 2. The lowest BCUT2D eigenvalue weighted by molar-refractivity contribution is -0.142. The van der Waals surface area contributed by atoms with Crippen LogP contribution >= 0.6 is 0 Å². The smallest absolute Gasteiger partial charge is 0.309 e. The largest absolute Gasteiger partial charge is 0.481 e. The summed E-state index contributed by atoms with van der Waals surface area (Å²) in [4.78, 5) is 25.7. The molecular weight excluding hydrogens is 290 g/mol. The van der Waals surface area contributed by atoms with Crippen molar-refractivity contribution in [3.05, 3.63) is 71.8 Å². The Hall–Kier alpha value is -2.62. The molecule has 1 aliphatic heterocycles. The van der Waals surface area contributed by atoms with E-state index in [1.165, 1.54) is 0 Å². The Bertz CT molecular complexity index is 684. The van der Waals surface area contributed by atoms with Crippen LogP contribution in [-0.4, -0.2) is 28.4 Å². The van der Waals surface area contributed by atoms with Crippen LogP contribution in [0.4, 0.5) is 0 Å². The summed E-state index contributed by atoms with van der Waals surface area (Å²) in [7, 11) is 0. The number of rotatable bonds is 5. The van der Waals surface area contributed by atoms with Gasteiger partial charge in [-0.25, -0.2) is 0 Å². The van der Waals surface area contributed by atoms with Gasteiger partial charge < -0.3 is 10.0 Å². The normalized spacial score (nSPS) is 20.7. The lowest BCUT2D eigenvalue weighted by Gasteiger charge is -2.27. The summed E-state index contributed by atoms with van der Waals surface area (Å²) >= 11 is 0. The highest BCUT2D eigenvalue weighted by Crippen LogP contribution is 2.38. The first-order valence-corrected chi connectivity index (χ1v) is 7.78. The highest BCUT2D eigenvalue weighted by atomic mass is 16.4. The Kier molecular flexibility index (Phi) is 4.42. The molecule has 1 saturated heterocycles. The Morgan fingerprint density at radius 2 is 1.65 bits per heavy atom. The SMILES string of the molecule is O=C(O)C1CC(=O)N(CCc2ccccc2)C1c1ccccc1. The van der Waals surface area contributed by atoms with Gasteiger partial charge in [-0.05, 0) is 17.5 Å². The first-order chi connectivity index (χ1) is 11.2. The Labute approximate surface area is 135 Å². The van der Waals surface area contributed by atoms with Crippen molar-refractivity contribution in [3.63, 3.8) is 0 Å². The molecule has 1 heterocycles. The maximum absolute atomic E-state index is 12.4. The molecule has 0 aliphatic carbocycles. The number of carboxylic acid groups (broad SMARTS) is 1. The van der Waals surface area contributed by atoms with E-state index in [0.717, 1.165) is 17.5 Å². The molecule has 23 heavy (non-hydrogen) atoms. The average Bonchev–Trinajstić information content (AvgIpc) is 2.91. The monoisotopic (exact) mass is 309 g/mol. The summed E-state index contributed by atoms with van der Waals surface area (Å²) in [6, 6.07) is 19.0. The number of carbonyl (C=O) groups excluding carboxylic acids is 1. The molecule has 2 atom stereocenters. The lowest BCUT2D eigenvalue weighted by atomic mass is 9.93. The zero-order valence-corrected chi connectivity index (χ0v) is 12.8. The Morgan fingerprint density at radius 1 is 1.04 bits per heavy atom. The highest BCUT2D eigenvalue weighted by molar-refractivity contribution is 5.87. The van der Waals surface area contributed by atoms with Crippen molar-refractivity contribution < 1.29 is 14.7 Å². The van der Waals surface area contributed by atoms with Crippen LogP contribution in [0.2, 0.25) is 0 Å². The molecule has 118 valence electrons. The molecule has 0 radical (unpaired) electrons. The van der Waals surface area contributed by atoms with Gasteiger partial charge in [-0.1, -0.05) is 60.7 Å². The van der Waals surface area contributed by atoms with Gasteiger partial charge in [0.05, 0.1) is 12.0 Å². The molecule has 1 amide bonds. The predicted octanol–water partition coefficient (Wildman–Crippen LogP) is 2.90. The summed E-state index contributed by atoms with van der Waals surface area (Å²) in [5.74, 6) is -1.67. The van der Waals surface area contributed by atoms with Gasteiger partial charge in [0.15, 0.2) is 0 Å². The molecular formula is C19H19NO3.